The van der Waals surface area contributed by atoms with Crippen LogP contribution in [0.5, 0.6) is 0 Å². The second-order valence-corrected chi connectivity index (χ2v) is 9.32. The first kappa shape index (κ1) is 21.3. The van der Waals surface area contributed by atoms with Crippen LogP contribution in [0.4, 0.5) is 4.79 Å². The smallest absolute Gasteiger partial charge is 0.410 e. The quantitative estimate of drug-likeness (QED) is 0.518. The second kappa shape index (κ2) is 9.11. The van der Waals surface area contributed by atoms with Crippen molar-refractivity contribution in [3.8, 4) is 11.1 Å². The van der Waals surface area contributed by atoms with E-state index in [1.807, 2.05) is 4.90 Å². The molecule has 1 saturated heterocycles. The number of carbonyl (C=O) groups excluding carboxylic acids is 1. The summed E-state index contributed by atoms with van der Waals surface area (Å²) in [6.07, 6.45) is 6.48. The number of rotatable bonds is 7. The molecule has 0 saturated carbocycles. The first-order valence-electron chi connectivity index (χ1n) is 12.2. The molecule has 32 heavy (non-hydrogen) atoms. The summed E-state index contributed by atoms with van der Waals surface area (Å²) in [5.41, 5.74) is 6.58. The van der Waals surface area contributed by atoms with Crippen molar-refractivity contribution in [3.05, 3.63) is 71.3 Å². The predicted molar refractivity (Wildman–Crippen MR) is 129 cm³/mol. The van der Waals surface area contributed by atoms with Gasteiger partial charge in [0.05, 0.1) is 6.04 Å². The third-order valence-electron chi connectivity index (χ3n) is 7.66. The summed E-state index contributed by atoms with van der Waals surface area (Å²) in [5, 5.41) is 0. The molecule has 168 valence electrons. The zero-order chi connectivity index (χ0) is 22.1. The van der Waals surface area contributed by atoms with Gasteiger partial charge in [-0.05, 0) is 61.0 Å². The lowest BCUT2D eigenvalue weighted by molar-refractivity contribution is 0.0847. The summed E-state index contributed by atoms with van der Waals surface area (Å²) in [6, 6.07) is 17.5. The zero-order valence-electron chi connectivity index (χ0n) is 19.3. The summed E-state index contributed by atoms with van der Waals surface area (Å²) >= 11 is 0. The number of fused-ring (bicyclic) bond motifs is 5. The number of amides is 1. The number of benzene rings is 2. The predicted octanol–water partition coefficient (Wildman–Crippen LogP) is 5.83. The first-order chi connectivity index (χ1) is 15.7. The van der Waals surface area contributed by atoms with Gasteiger partial charge in [0.25, 0.3) is 0 Å². The number of hydrogen-bond acceptors (Lipinski definition) is 3. The molecule has 4 heteroatoms. The van der Waals surface area contributed by atoms with Crippen molar-refractivity contribution in [1.29, 1.82) is 0 Å². The minimum Gasteiger partial charge on any atom is -0.448 e. The van der Waals surface area contributed by atoms with Crippen LogP contribution in [0.3, 0.4) is 0 Å². The summed E-state index contributed by atoms with van der Waals surface area (Å²) in [4.78, 5) is 17.7. The zero-order valence-corrected chi connectivity index (χ0v) is 19.3. The standard InChI is InChI=1S/C28H34N2O2/c1-3-29(4-2)16-15-20-17-21-13-14-22(18-20)30(21)28(31)32-19-27-25-11-7-5-9-23(25)24-10-6-8-12-26(24)27/h5-12,17,21-22,27H,3-4,13-16,18-19H2,1-2H3. The van der Waals surface area contributed by atoms with Crippen LogP contribution in [0.2, 0.25) is 0 Å². The topological polar surface area (TPSA) is 32.8 Å². The minimum atomic E-state index is -0.140. The van der Waals surface area contributed by atoms with Crippen molar-refractivity contribution in [2.45, 2.75) is 57.5 Å². The van der Waals surface area contributed by atoms with Crippen LogP contribution in [-0.2, 0) is 4.74 Å². The van der Waals surface area contributed by atoms with E-state index in [1.165, 1.54) is 27.8 Å². The molecular formula is C28H34N2O2. The molecule has 2 atom stereocenters. The average molecular weight is 431 g/mol. The van der Waals surface area contributed by atoms with Crippen molar-refractivity contribution in [2.75, 3.05) is 26.2 Å². The maximum Gasteiger partial charge on any atom is 0.410 e. The van der Waals surface area contributed by atoms with E-state index in [0.29, 0.717) is 12.6 Å². The molecule has 2 bridgehead atoms. The van der Waals surface area contributed by atoms with Gasteiger partial charge in [-0.15, -0.1) is 0 Å². The van der Waals surface area contributed by atoms with Crippen LogP contribution in [0, 0.1) is 0 Å². The van der Waals surface area contributed by atoms with E-state index in [2.05, 4.69) is 73.4 Å². The molecule has 2 heterocycles. The summed E-state index contributed by atoms with van der Waals surface area (Å²) in [5.74, 6) is 0.119. The molecule has 1 fully saturated rings. The van der Waals surface area contributed by atoms with Crippen molar-refractivity contribution < 1.29 is 9.53 Å². The fourth-order valence-electron chi connectivity index (χ4n) is 5.90. The van der Waals surface area contributed by atoms with Crippen LogP contribution in [0.25, 0.3) is 11.1 Å². The van der Waals surface area contributed by atoms with Crippen molar-refractivity contribution in [1.82, 2.24) is 9.80 Å². The lowest BCUT2D eigenvalue weighted by Crippen LogP contribution is -2.44. The number of ether oxygens (including phenoxy) is 1. The Morgan fingerprint density at radius 2 is 1.66 bits per heavy atom. The molecule has 2 aromatic rings. The van der Waals surface area contributed by atoms with Crippen LogP contribution in [-0.4, -0.2) is 54.2 Å². The molecule has 0 radical (unpaired) electrons. The molecule has 0 N–H and O–H groups in total. The Bertz CT molecular complexity index is 964. The van der Waals surface area contributed by atoms with Crippen LogP contribution < -0.4 is 0 Å². The second-order valence-electron chi connectivity index (χ2n) is 9.32. The largest absolute Gasteiger partial charge is 0.448 e. The van der Waals surface area contributed by atoms with Gasteiger partial charge in [0.15, 0.2) is 0 Å². The van der Waals surface area contributed by atoms with Gasteiger partial charge >= 0.3 is 6.09 Å². The van der Waals surface area contributed by atoms with Gasteiger partial charge < -0.3 is 9.64 Å². The van der Waals surface area contributed by atoms with Gasteiger partial charge in [-0.1, -0.05) is 74.0 Å². The van der Waals surface area contributed by atoms with Crippen LogP contribution in [0.15, 0.2) is 60.2 Å². The van der Waals surface area contributed by atoms with E-state index >= 15 is 0 Å². The van der Waals surface area contributed by atoms with E-state index in [4.69, 9.17) is 4.74 Å². The Labute approximate surface area is 191 Å². The Kier molecular flexibility index (Phi) is 6.05. The Morgan fingerprint density at radius 1 is 1.00 bits per heavy atom. The Balaban J connectivity index is 1.25. The van der Waals surface area contributed by atoms with Crippen molar-refractivity contribution >= 4 is 6.09 Å². The highest BCUT2D eigenvalue weighted by Gasteiger charge is 2.41. The van der Waals surface area contributed by atoms with Crippen molar-refractivity contribution in [3.63, 3.8) is 0 Å². The normalized spacial score (nSPS) is 21.5. The SMILES string of the molecule is CCN(CC)CCC1=CC2CCC(C1)N2C(=O)OCC1c2ccccc2-c2ccccc21. The van der Waals surface area contributed by atoms with Gasteiger partial charge in [-0.2, -0.15) is 0 Å². The van der Waals surface area contributed by atoms with E-state index in [1.54, 1.807) is 0 Å². The highest BCUT2D eigenvalue weighted by molar-refractivity contribution is 5.79. The Hall–Kier alpha value is -2.59. The first-order valence-corrected chi connectivity index (χ1v) is 12.2. The highest BCUT2D eigenvalue weighted by Crippen LogP contribution is 2.45. The van der Waals surface area contributed by atoms with Gasteiger partial charge in [-0.3, -0.25) is 4.90 Å². The molecule has 5 rings (SSSR count). The van der Waals surface area contributed by atoms with Crippen LogP contribution in [0.1, 0.15) is 56.6 Å². The maximum absolute atomic E-state index is 13.2. The average Bonchev–Trinajstić information content (AvgIpc) is 3.29. The lowest BCUT2D eigenvalue weighted by Gasteiger charge is -2.34. The fourth-order valence-corrected chi connectivity index (χ4v) is 5.90. The summed E-state index contributed by atoms with van der Waals surface area (Å²) in [6.45, 7) is 8.16. The summed E-state index contributed by atoms with van der Waals surface area (Å²) in [7, 11) is 0. The van der Waals surface area contributed by atoms with Gasteiger partial charge in [0.1, 0.15) is 6.61 Å². The van der Waals surface area contributed by atoms with E-state index in [9.17, 15) is 4.79 Å². The third kappa shape index (κ3) is 3.86. The minimum absolute atomic E-state index is 0.119. The molecule has 2 aliphatic heterocycles. The molecule has 3 aliphatic rings. The molecule has 2 unspecified atom stereocenters. The van der Waals surface area contributed by atoms with E-state index in [-0.39, 0.29) is 18.1 Å². The maximum atomic E-state index is 13.2. The van der Waals surface area contributed by atoms with Gasteiger partial charge in [-0.25, -0.2) is 4.79 Å². The number of nitrogens with zero attached hydrogens (tertiary/aromatic N) is 2. The number of carbonyl (C=O) groups is 1. The fraction of sp³-hybridized carbons (Fsp3) is 0.464. The monoisotopic (exact) mass is 430 g/mol. The molecule has 0 aromatic heterocycles. The van der Waals surface area contributed by atoms with Gasteiger partial charge in [0.2, 0.25) is 0 Å². The molecule has 1 amide bonds. The third-order valence-corrected chi connectivity index (χ3v) is 7.66. The summed E-state index contributed by atoms with van der Waals surface area (Å²) < 4.78 is 5.98. The Morgan fingerprint density at radius 3 is 2.28 bits per heavy atom. The molecule has 1 aliphatic carbocycles. The molecule has 4 nitrogen and oxygen atoms in total. The molecular weight excluding hydrogens is 396 g/mol. The number of hydrogen-bond donors (Lipinski definition) is 0. The molecule has 2 aromatic carbocycles. The van der Waals surface area contributed by atoms with E-state index in [0.717, 1.165) is 45.3 Å². The van der Waals surface area contributed by atoms with Crippen LogP contribution >= 0.6 is 0 Å². The van der Waals surface area contributed by atoms with E-state index < -0.39 is 0 Å². The van der Waals surface area contributed by atoms with Crippen molar-refractivity contribution in [2.24, 2.45) is 0 Å². The highest BCUT2D eigenvalue weighted by atomic mass is 16.6. The molecule has 0 spiro atoms. The lowest BCUT2D eigenvalue weighted by atomic mass is 9.98. The van der Waals surface area contributed by atoms with Gasteiger partial charge in [0, 0.05) is 18.5 Å².